The first-order chi connectivity index (χ1) is 14.0. The van der Waals surface area contributed by atoms with E-state index in [9.17, 15) is 14.4 Å². The highest BCUT2D eigenvalue weighted by atomic mass is 32.2. The van der Waals surface area contributed by atoms with Crippen LogP contribution in [0.4, 0.5) is 10.8 Å². The first-order valence-electron chi connectivity index (χ1n) is 9.35. The lowest BCUT2D eigenvalue weighted by Gasteiger charge is -2.20. The minimum atomic E-state index is -0.667. The smallest absolute Gasteiger partial charge is 0.248 e. The molecule has 29 heavy (non-hydrogen) atoms. The summed E-state index contributed by atoms with van der Waals surface area (Å²) >= 11 is 2.96. The highest BCUT2D eigenvalue weighted by Gasteiger charge is 2.36. The Labute approximate surface area is 178 Å². The standard InChI is InChI=1S/C20H24N4O3S2/c1-13-12-29-20(21-13)23-19(27)16(8-9-28-2)22-18(26)14-10-17(25)24(11-14)15-6-4-3-5-7-15/h3-7,12,14,16H,8-11H2,1-2H3,(H,22,26)(H,21,23,27)/t14-,16-/m0/s1. The average molecular weight is 433 g/mol. The van der Waals surface area contributed by atoms with Crippen LogP contribution in [0.2, 0.25) is 0 Å². The van der Waals surface area contributed by atoms with E-state index < -0.39 is 12.0 Å². The van der Waals surface area contributed by atoms with Gasteiger partial charge in [0.15, 0.2) is 5.13 Å². The van der Waals surface area contributed by atoms with Gasteiger partial charge in [0.25, 0.3) is 0 Å². The fourth-order valence-electron chi connectivity index (χ4n) is 3.14. The van der Waals surface area contributed by atoms with E-state index in [4.69, 9.17) is 0 Å². The molecule has 2 aromatic rings. The molecule has 2 heterocycles. The molecule has 1 aliphatic rings. The van der Waals surface area contributed by atoms with Crippen LogP contribution in [0.25, 0.3) is 0 Å². The van der Waals surface area contributed by atoms with E-state index in [0.29, 0.717) is 18.1 Å². The van der Waals surface area contributed by atoms with Crippen molar-refractivity contribution in [2.45, 2.75) is 25.8 Å². The van der Waals surface area contributed by atoms with Gasteiger partial charge in [-0.2, -0.15) is 11.8 Å². The minimum absolute atomic E-state index is 0.0836. The van der Waals surface area contributed by atoms with Gasteiger partial charge in [0.1, 0.15) is 6.04 Å². The molecule has 0 aliphatic carbocycles. The lowest BCUT2D eigenvalue weighted by molar-refractivity contribution is -0.129. The number of thioether (sulfide) groups is 1. The Morgan fingerprint density at radius 1 is 1.34 bits per heavy atom. The van der Waals surface area contributed by atoms with Gasteiger partial charge in [0.2, 0.25) is 17.7 Å². The molecule has 154 valence electrons. The van der Waals surface area contributed by atoms with Crippen molar-refractivity contribution in [1.82, 2.24) is 10.3 Å². The molecule has 0 saturated carbocycles. The first-order valence-corrected chi connectivity index (χ1v) is 11.6. The van der Waals surface area contributed by atoms with Crippen LogP contribution in [-0.2, 0) is 14.4 Å². The molecule has 2 N–H and O–H groups in total. The number of nitrogens with zero attached hydrogens (tertiary/aromatic N) is 2. The maximum Gasteiger partial charge on any atom is 0.248 e. The second kappa shape index (κ2) is 9.89. The number of anilines is 2. The van der Waals surface area contributed by atoms with E-state index in [1.165, 1.54) is 11.3 Å². The minimum Gasteiger partial charge on any atom is -0.344 e. The zero-order valence-electron chi connectivity index (χ0n) is 16.4. The molecule has 3 rings (SSSR count). The third-order valence-electron chi connectivity index (χ3n) is 4.66. The predicted octanol–water partition coefficient (Wildman–Crippen LogP) is 2.68. The van der Waals surface area contributed by atoms with Crippen LogP contribution < -0.4 is 15.5 Å². The van der Waals surface area contributed by atoms with E-state index >= 15 is 0 Å². The number of nitrogens with one attached hydrogen (secondary N) is 2. The Hall–Kier alpha value is -2.39. The highest BCUT2D eigenvalue weighted by molar-refractivity contribution is 7.98. The van der Waals surface area contributed by atoms with Crippen LogP contribution >= 0.6 is 23.1 Å². The van der Waals surface area contributed by atoms with Crippen LogP contribution in [-0.4, -0.2) is 47.3 Å². The lowest BCUT2D eigenvalue weighted by atomic mass is 10.1. The van der Waals surface area contributed by atoms with Gasteiger partial charge in [0, 0.05) is 24.0 Å². The Kier molecular flexibility index (Phi) is 7.27. The summed E-state index contributed by atoms with van der Waals surface area (Å²) in [7, 11) is 0. The van der Waals surface area contributed by atoms with Crippen molar-refractivity contribution in [3.63, 3.8) is 0 Å². The Morgan fingerprint density at radius 2 is 2.10 bits per heavy atom. The Bertz CT molecular complexity index is 872. The number of aryl methyl sites for hydroxylation is 1. The summed E-state index contributed by atoms with van der Waals surface area (Å²) in [5, 5.41) is 8.00. The molecule has 2 atom stereocenters. The molecular weight excluding hydrogens is 408 g/mol. The molecule has 1 aromatic heterocycles. The summed E-state index contributed by atoms with van der Waals surface area (Å²) in [5.74, 6) is -0.386. The van der Waals surface area contributed by atoms with Crippen molar-refractivity contribution in [2.24, 2.45) is 5.92 Å². The molecule has 0 radical (unpaired) electrons. The molecule has 1 fully saturated rings. The number of rotatable bonds is 8. The van der Waals surface area contributed by atoms with Gasteiger partial charge in [-0.15, -0.1) is 11.3 Å². The maximum atomic E-state index is 12.8. The summed E-state index contributed by atoms with van der Waals surface area (Å²) in [4.78, 5) is 43.7. The molecule has 1 aromatic carbocycles. The molecule has 3 amide bonds. The van der Waals surface area contributed by atoms with E-state index in [2.05, 4.69) is 15.6 Å². The van der Waals surface area contributed by atoms with Crippen molar-refractivity contribution >= 4 is 51.6 Å². The Balaban J connectivity index is 1.63. The van der Waals surface area contributed by atoms with E-state index in [-0.39, 0.29) is 24.1 Å². The molecule has 9 heteroatoms. The van der Waals surface area contributed by atoms with Crippen molar-refractivity contribution in [3.05, 3.63) is 41.4 Å². The number of para-hydroxylation sites is 1. The maximum absolute atomic E-state index is 12.8. The fraction of sp³-hybridized carbons (Fsp3) is 0.400. The van der Waals surface area contributed by atoms with Gasteiger partial charge in [-0.25, -0.2) is 4.98 Å². The van der Waals surface area contributed by atoms with E-state index in [0.717, 1.165) is 17.1 Å². The third kappa shape index (κ3) is 5.57. The number of benzene rings is 1. The van der Waals surface area contributed by atoms with Gasteiger partial charge in [-0.3, -0.25) is 14.4 Å². The largest absolute Gasteiger partial charge is 0.344 e. The van der Waals surface area contributed by atoms with Crippen molar-refractivity contribution < 1.29 is 14.4 Å². The number of hydrogen-bond acceptors (Lipinski definition) is 6. The van der Waals surface area contributed by atoms with Gasteiger partial charge < -0.3 is 15.5 Å². The fourth-order valence-corrected chi connectivity index (χ4v) is 4.30. The highest BCUT2D eigenvalue weighted by Crippen LogP contribution is 2.25. The zero-order chi connectivity index (χ0) is 20.8. The molecule has 7 nitrogen and oxygen atoms in total. The monoisotopic (exact) mass is 432 g/mol. The van der Waals surface area contributed by atoms with Gasteiger partial charge in [-0.1, -0.05) is 18.2 Å². The lowest BCUT2D eigenvalue weighted by Crippen LogP contribution is -2.46. The molecule has 0 unspecified atom stereocenters. The first kappa shape index (κ1) is 21.3. The topological polar surface area (TPSA) is 91.4 Å². The number of aromatic nitrogens is 1. The van der Waals surface area contributed by atoms with Crippen molar-refractivity contribution in [2.75, 3.05) is 28.8 Å². The van der Waals surface area contributed by atoms with E-state index in [1.807, 2.05) is 48.9 Å². The normalized spacial score (nSPS) is 17.2. The molecule has 0 spiro atoms. The number of amides is 3. The van der Waals surface area contributed by atoms with Crippen LogP contribution in [0.15, 0.2) is 35.7 Å². The third-order valence-corrected chi connectivity index (χ3v) is 6.18. The van der Waals surface area contributed by atoms with Gasteiger partial charge in [0.05, 0.1) is 11.6 Å². The predicted molar refractivity (Wildman–Crippen MR) is 117 cm³/mol. The summed E-state index contributed by atoms with van der Waals surface area (Å²) in [6.07, 6.45) is 2.60. The summed E-state index contributed by atoms with van der Waals surface area (Å²) < 4.78 is 0. The van der Waals surface area contributed by atoms with E-state index in [1.54, 1.807) is 16.7 Å². The Morgan fingerprint density at radius 3 is 2.76 bits per heavy atom. The van der Waals surface area contributed by atoms with Gasteiger partial charge in [-0.05, 0) is 37.5 Å². The summed E-state index contributed by atoms with van der Waals surface area (Å²) in [5.41, 5.74) is 1.61. The number of hydrogen-bond donors (Lipinski definition) is 2. The number of carbonyl (C=O) groups is 3. The SMILES string of the molecule is CSCC[C@H](NC(=O)[C@H]1CC(=O)N(c2ccccc2)C1)C(=O)Nc1nc(C)cs1. The quantitative estimate of drug-likeness (QED) is 0.669. The zero-order valence-corrected chi connectivity index (χ0v) is 18.0. The molecular formula is C20H24N4O3S2. The molecule has 1 saturated heterocycles. The summed E-state index contributed by atoms with van der Waals surface area (Å²) in [6.45, 7) is 2.17. The number of carbonyl (C=O) groups excluding carboxylic acids is 3. The van der Waals surface area contributed by atoms with Crippen LogP contribution in [0.3, 0.4) is 0 Å². The second-order valence-electron chi connectivity index (χ2n) is 6.87. The number of thiazole rings is 1. The van der Waals surface area contributed by atoms with Crippen molar-refractivity contribution in [3.8, 4) is 0 Å². The van der Waals surface area contributed by atoms with Crippen LogP contribution in [0.1, 0.15) is 18.5 Å². The second-order valence-corrected chi connectivity index (χ2v) is 8.71. The van der Waals surface area contributed by atoms with Crippen LogP contribution in [0, 0.1) is 12.8 Å². The molecule has 1 aliphatic heterocycles. The summed E-state index contributed by atoms with van der Waals surface area (Å²) in [6, 6.07) is 8.64. The average Bonchev–Trinajstić information content (AvgIpc) is 3.30. The van der Waals surface area contributed by atoms with Gasteiger partial charge >= 0.3 is 0 Å². The van der Waals surface area contributed by atoms with Crippen LogP contribution in [0.5, 0.6) is 0 Å². The molecule has 0 bridgehead atoms. The van der Waals surface area contributed by atoms with Crippen molar-refractivity contribution in [1.29, 1.82) is 0 Å².